The predicted octanol–water partition coefficient (Wildman–Crippen LogP) is 7.36. The zero-order valence-corrected chi connectivity index (χ0v) is 31.7. The highest BCUT2D eigenvalue weighted by Gasteiger charge is 2.60. The van der Waals surface area contributed by atoms with E-state index in [9.17, 15) is 25.9 Å². The largest absolute Gasteiger partial charge is 0.748 e. The highest BCUT2D eigenvalue weighted by molar-refractivity contribution is 7.86. The van der Waals surface area contributed by atoms with Crippen LogP contribution in [-0.4, -0.2) is 80.4 Å². The van der Waals surface area contributed by atoms with Gasteiger partial charge in [-0.2, -0.15) is 0 Å². The lowest BCUT2D eigenvalue weighted by Crippen LogP contribution is -2.38. The highest BCUT2D eigenvalue weighted by atomic mass is 32.2. The number of aromatic nitrogens is 2. The molecule has 42 heavy (non-hydrogen) atoms. The minimum atomic E-state index is -4.25. The normalized spacial score (nSPS) is 14.8. The van der Waals surface area contributed by atoms with Crippen LogP contribution in [-0.2, 0) is 32.6 Å². The van der Waals surface area contributed by atoms with Crippen LogP contribution < -0.4 is 0 Å². The van der Waals surface area contributed by atoms with Crippen LogP contribution in [0, 0.1) is 0 Å². The van der Waals surface area contributed by atoms with Gasteiger partial charge >= 0.3 is 0 Å². The van der Waals surface area contributed by atoms with E-state index in [1.807, 2.05) is 0 Å². The fourth-order valence-electron chi connectivity index (χ4n) is 6.95. The van der Waals surface area contributed by atoms with Gasteiger partial charge in [0.25, 0.3) is 0 Å². The van der Waals surface area contributed by atoms with Crippen LogP contribution in [0.5, 0.6) is 0 Å². The Hall–Kier alpha value is -0.240. The van der Waals surface area contributed by atoms with Crippen molar-refractivity contribution in [1.82, 2.24) is 9.97 Å². The van der Waals surface area contributed by atoms with Crippen molar-refractivity contribution in [3.05, 3.63) is 23.8 Å². The fourth-order valence-corrected chi connectivity index (χ4v) is 20.1. The van der Waals surface area contributed by atoms with Gasteiger partial charge in [0.05, 0.1) is 53.2 Å². The topological polar surface area (TPSA) is 140 Å². The Kier molecular flexibility index (Phi) is 13.3. The van der Waals surface area contributed by atoms with E-state index in [4.69, 9.17) is 9.97 Å². The third-order valence-electron chi connectivity index (χ3n) is 9.20. The summed E-state index contributed by atoms with van der Waals surface area (Å²) in [6.45, 7) is 27.3. The summed E-state index contributed by atoms with van der Waals surface area (Å²) in [6.07, 6.45) is 8.83. The van der Waals surface area contributed by atoms with Crippen molar-refractivity contribution in [3.8, 4) is 0 Å². The van der Waals surface area contributed by atoms with Gasteiger partial charge in [-0.1, -0.05) is 0 Å². The summed E-state index contributed by atoms with van der Waals surface area (Å²) in [5.41, 5.74) is 1.99. The molecule has 0 radical (unpaired) electrons. The Morgan fingerprint density at radius 3 is 1.02 bits per heavy atom. The zero-order valence-electron chi connectivity index (χ0n) is 28.3. The molecule has 0 aromatic carbocycles. The molecule has 1 heterocycles. The molecule has 0 N–H and O–H groups in total. The minimum absolute atomic E-state index is 0.0551. The monoisotopic (exact) mass is 668 g/mol. The lowest BCUT2D eigenvalue weighted by molar-refractivity contribution is 0.458. The van der Waals surface area contributed by atoms with Crippen molar-refractivity contribution in [2.45, 2.75) is 142 Å². The van der Waals surface area contributed by atoms with Gasteiger partial charge in [-0.25, -0.2) is 16.8 Å². The first-order valence-electron chi connectivity index (χ1n) is 15.0. The lowest BCUT2D eigenvalue weighted by Gasteiger charge is -2.48. The summed E-state index contributed by atoms with van der Waals surface area (Å²) >= 11 is 0. The second-order valence-electron chi connectivity index (χ2n) is 15.8. The Bertz CT molecular complexity index is 1120. The van der Waals surface area contributed by atoms with Crippen LogP contribution >= 0.6 is 14.5 Å². The van der Waals surface area contributed by atoms with E-state index in [-0.39, 0.29) is 32.1 Å². The standard InChI is InChI=1S/C30H58N2O6P2S2/c1-27(2,3)39(28(4,5)6,19-13-15-21-41(33,34)35)23-25-26(32-18-17-31-25)24-40(29(7,8)9,30(10,11)12)20-14-16-22-42(36,37)38/h17-18H,13-16,19-24H2,1-12H3. The molecule has 0 spiro atoms. The SMILES string of the molecule is CC(C)(C)[P+](CCCCS(=O)(=O)[O-])(Cc1nccnc1C[P+](CCCCS(=O)(=O)[O-])(C(C)(C)C)C(C)(C)C)C(C)(C)C. The van der Waals surface area contributed by atoms with E-state index >= 15 is 0 Å². The lowest BCUT2D eigenvalue weighted by atomic mass is 10.2. The molecule has 0 saturated carbocycles. The van der Waals surface area contributed by atoms with Gasteiger partial charge in [-0.3, -0.25) is 9.97 Å². The van der Waals surface area contributed by atoms with Crippen molar-refractivity contribution in [1.29, 1.82) is 0 Å². The summed E-state index contributed by atoms with van der Waals surface area (Å²) in [4.78, 5) is 9.90. The average molecular weight is 669 g/mol. The van der Waals surface area contributed by atoms with E-state index in [1.54, 1.807) is 12.4 Å². The van der Waals surface area contributed by atoms with Gasteiger partial charge in [0.15, 0.2) is 0 Å². The van der Waals surface area contributed by atoms with Crippen LogP contribution in [0.25, 0.3) is 0 Å². The maximum Gasteiger partial charge on any atom is 0.104 e. The van der Waals surface area contributed by atoms with Crippen LogP contribution in [0.15, 0.2) is 12.4 Å². The molecule has 1 rings (SSSR count). The van der Waals surface area contributed by atoms with Gasteiger partial charge < -0.3 is 9.11 Å². The Balaban J connectivity index is 3.66. The van der Waals surface area contributed by atoms with Crippen molar-refractivity contribution in [2.75, 3.05) is 23.8 Å². The number of unbranched alkanes of at least 4 members (excludes halogenated alkanes) is 2. The summed E-state index contributed by atoms with van der Waals surface area (Å²) in [6, 6.07) is 0. The number of hydrogen-bond acceptors (Lipinski definition) is 8. The molecule has 1 aromatic heterocycles. The zero-order chi connectivity index (χ0) is 33.1. The molecule has 0 saturated heterocycles. The first-order chi connectivity index (χ1) is 18.6. The quantitative estimate of drug-likeness (QED) is 0.114. The van der Waals surface area contributed by atoms with Crippen molar-refractivity contribution >= 4 is 34.8 Å². The third kappa shape index (κ3) is 10.7. The second kappa shape index (κ2) is 14.0. The molecule has 246 valence electrons. The molecular weight excluding hydrogens is 610 g/mol. The van der Waals surface area contributed by atoms with Crippen LogP contribution in [0.1, 0.15) is 120 Å². The van der Waals surface area contributed by atoms with Gasteiger partial charge in [-0.15, -0.1) is 0 Å². The summed E-state index contributed by atoms with van der Waals surface area (Å²) < 4.78 is 67.9. The maximum atomic E-state index is 11.3. The Morgan fingerprint density at radius 1 is 0.548 bits per heavy atom. The van der Waals surface area contributed by atoms with Gasteiger partial charge in [-0.05, 0) is 109 Å². The van der Waals surface area contributed by atoms with E-state index in [2.05, 4.69) is 83.1 Å². The van der Waals surface area contributed by atoms with E-state index in [1.165, 1.54) is 0 Å². The molecule has 1 aromatic rings. The third-order valence-corrected chi connectivity index (χ3v) is 24.9. The smallest absolute Gasteiger partial charge is 0.104 e. The Labute approximate surface area is 259 Å². The van der Waals surface area contributed by atoms with Crippen LogP contribution in [0.2, 0.25) is 0 Å². The average Bonchev–Trinajstić information content (AvgIpc) is 2.74. The second-order valence-corrected chi connectivity index (χ2v) is 29.6. The number of rotatable bonds is 14. The summed E-state index contributed by atoms with van der Waals surface area (Å²) in [5, 5.41) is -0.220. The molecule has 0 atom stereocenters. The van der Waals surface area contributed by atoms with Crippen molar-refractivity contribution < 1.29 is 25.9 Å². The molecule has 0 aliphatic carbocycles. The van der Waals surface area contributed by atoms with Gasteiger partial charge in [0.2, 0.25) is 0 Å². The molecule has 12 heteroatoms. The molecule has 8 nitrogen and oxygen atoms in total. The van der Waals surface area contributed by atoms with Gasteiger partial charge in [0.1, 0.15) is 23.7 Å². The molecule has 0 unspecified atom stereocenters. The van der Waals surface area contributed by atoms with Crippen LogP contribution in [0.4, 0.5) is 0 Å². The van der Waals surface area contributed by atoms with Crippen molar-refractivity contribution in [2.24, 2.45) is 0 Å². The summed E-state index contributed by atoms with van der Waals surface area (Å²) in [5.74, 6) is -0.676. The maximum absolute atomic E-state index is 11.3. The number of nitrogens with zero attached hydrogens (tertiary/aromatic N) is 2. The van der Waals surface area contributed by atoms with Crippen molar-refractivity contribution in [3.63, 3.8) is 0 Å². The first kappa shape index (κ1) is 39.8. The van der Waals surface area contributed by atoms with E-state index in [0.717, 1.165) is 36.0 Å². The van der Waals surface area contributed by atoms with E-state index < -0.39 is 34.8 Å². The van der Waals surface area contributed by atoms with Crippen LogP contribution in [0.3, 0.4) is 0 Å². The molecule has 0 amide bonds. The summed E-state index contributed by atoms with van der Waals surface area (Å²) in [7, 11) is -12.3. The Morgan fingerprint density at radius 2 is 0.810 bits per heavy atom. The first-order valence-corrected chi connectivity index (χ1v) is 22.5. The molecule has 0 aliphatic heterocycles. The highest BCUT2D eigenvalue weighted by Crippen LogP contribution is 2.80. The molecule has 0 bridgehead atoms. The molecule has 0 fully saturated rings. The molecule has 0 aliphatic rings. The predicted molar refractivity (Wildman–Crippen MR) is 180 cm³/mol. The fraction of sp³-hybridized carbons (Fsp3) is 0.867. The minimum Gasteiger partial charge on any atom is -0.748 e. The number of hydrogen-bond donors (Lipinski definition) is 0. The van der Waals surface area contributed by atoms with Gasteiger partial charge in [0, 0.05) is 38.4 Å². The van der Waals surface area contributed by atoms with E-state index in [0.29, 0.717) is 25.7 Å². The molecular formula is C30H58N2O6P2S2.